The number of aliphatic hydroxyl groups excluding tert-OH is 1. The number of nitro benzene ring substituents is 1. The maximum atomic E-state index is 13.1. The second kappa shape index (κ2) is 7.81. The van der Waals surface area contributed by atoms with Crippen molar-refractivity contribution in [1.29, 1.82) is 0 Å². The third-order valence-corrected chi connectivity index (χ3v) is 6.37. The van der Waals surface area contributed by atoms with Crippen LogP contribution < -0.4 is 4.90 Å². The van der Waals surface area contributed by atoms with Gasteiger partial charge < -0.3 is 5.11 Å². The molecule has 2 aromatic carbocycles. The molecule has 0 saturated carbocycles. The number of nitro groups is 1. The van der Waals surface area contributed by atoms with Crippen LogP contribution in [0.15, 0.2) is 65.6 Å². The SMILES string of the molecule is Cc1cccc(N2C(=O)C(=O)/C(=C(\O)c3ccc([N+](=O)[O-])cc3)C2c2cccs2)c1C. The van der Waals surface area contributed by atoms with E-state index in [1.54, 1.807) is 6.07 Å². The summed E-state index contributed by atoms with van der Waals surface area (Å²) in [5.41, 5.74) is 2.49. The standard InChI is InChI=1S/C23H18N2O5S/c1-13-5-3-6-17(14(13)2)24-20(18-7-4-12-31-18)19(22(27)23(24)28)21(26)15-8-10-16(11-9-15)25(29)30/h3-12,20,26H,1-2H3/b21-19-. The highest BCUT2D eigenvalue weighted by molar-refractivity contribution is 7.10. The Bertz CT molecular complexity index is 1230. The largest absolute Gasteiger partial charge is 0.507 e. The average Bonchev–Trinajstić information content (AvgIpc) is 3.37. The molecule has 0 radical (unpaired) electrons. The number of ketones is 1. The number of Topliss-reactive ketones (excluding diaryl/α,β-unsaturated/α-hetero) is 1. The zero-order chi connectivity index (χ0) is 22.3. The van der Waals surface area contributed by atoms with E-state index in [4.69, 9.17) is 0 Å². The molecule has 31 heavy (non-hydrogen) atoms. The lowest BCUT2D eigenvalue weighted by molar-refractivity contribution is -0.384. The van der Waals surface area contributed by atoms with E-state index in [0.717, 1.165) is 16.0 Å². The molecule has 1 amide bonds. The molecular formula is C23H18N2O5S. The van der Waals surface area contributed by atoms with Gasteiger partial charge in [0.1, 0.15) is 11.8 Å². The Kier molecular flexibility index (Phi) is 5.16. The molecule has 1 N–H and O–H groups in total. The van der Waals surface area contributed by atoms with E-state index in [9.17, 15) is 24.8 Å². The molecule has 0 bridgehead atoms. The molecule has 1 atom stereocenters. The second-order valence-corrected chi connectivity index (χ2v) is 8.19. The lowest BCUT2D eigenvalue weighted by Gasteiger charge is -2.26. The van der Waals surface area contributed by atoms with Crippen LogP contribution in [0.25, 0.3) is 5.76 Å². The Hall–Kier alpha value is -3.78. The maximum Gasteiger partial charge on any atom is 0.300 e. The number of non-ortho nitro benzene ring substituents is 1. The number of anilines is 1. The first-order valence-electron chi connectivity index (χ1n) is 9.46. The van der Waals surface area contributed by atoms with Crippen molar-refractivity contribution in [1.82, 2.24) is 0 Å². The van der Waals surface area contributed by atoms with E-state index in [2.05, 4.69) is 0 Å². The van der Waals surface area contributed by atoms with Gasteiger partial charge in [0.25, 0.3) is 17.4 Å². The van der Waals surface area contributed by atoms with Gasteiger partial charge in [-0.15, -0.1) is 11.3 Å². The minimum atomic E-state index is -0.796. The first-order valence-corrected chi connectivity index (χ1v) is 10.3. The van der Waals surface area contributed by atoms with Crippen molar-refractivity contribution in [3.63, 3.8) is 0 Å². The van der Waals surface area contributed by atoms with Gasteiger partial charge in [0.15, 0.2) is 0 Å². The highest BCUT2D eigenvalue weighted by Crippen LogP contribution is 2.44. The van der Waals surface area contributed by atoms with Gasteiger partial charge in [0, 0.05) is 28.3 Å². The number of thiophene rings is 1. The average molecular weight is 434 g/mol. The molecule has 1 unspecified atom stereocenters. The first-order chi connectivity index (χ1) is 14.8. The van der Waals surface area contributed by atoms with Crippen molar-refractivity contribution in [3.05, 3.63) is 97.2 Å². The van der Waals surface area contributed by atoms with E-state index in [-0.39, 0.29) is 22.6 Å². The Labute approximate surface area is 182 Å². The summed E-state index contributed by atoms with van der Waals surface area (Å²) in [6, 6.07) is 13.6. The van der Waals surface area contributed by atoms with Crippen LogP contribution in [0.1, 0.15) is 27.6 Å². The molecule has 1 fully saturated rings. The van der Waals surface area contributed by atoms with Crippen LogP contribution in [-0.4, -0.2) is 21.7 Å². The minimum absolute atomic E-state index is 0.0396. The summed E-state index contributed by atoms with van der Waals surface area (Å²) in [4.78, 5) is 38.7. The zero-order valence-electron chi connectivity index (χ0n) is 16.7. The van der Waals surface area contributed by atoms with Crippen molar-refractivity contribution >= 4 is 40.2 Å². The third kappa shape index (κ3) is 3.40. The maximum absolute atomic E-state index is 13.1. The van der Waals surface area contributed by atoms with Gasteiger partial charge in [-0.1, -0.05) is 18.2 Å². The Morgan fingerprint density at radius 1 is 1.06 bits per heavy atom. The van der Waals surface area contributed by atoms with Crippen molar-refractivity contribution < 1.29 is 19.6 Å². The molecule has 156 valence electrons. The highest BCUT2D eigenvalue weighted by atomic mass is 32.1. The third-order valence-electron chi connectivity index (χ3n) is 5.44. The number of rotatable bonds is 4. The Balaban J connectivity index is 1.92. The number of aryl methyl sites for hydroxylation is 1. The van der Waals surface area contributed by atoms with Crippen molar-refractivity contribution in [2.75, 3.05) is 4.90 Å². The van der Waals surface area contributed by atoms with Crippen LogP contribution >= 0.6 is 11.3 Å². The summed E-state index contributed by atoms with van der Waals surface area (Å²) in [7, 11) is 0. The molecule has 7 nitrogen and oxygen atoms in total. The zero-order valence-corrected chi connectivity index (χ0v) is 17.6. The molecule has 1 aliphatic rings. The summed E-state index contributed by atoms with van der Waals surface area (Å²) in [6.45, 7) is 3.80. The number of hydrogen-bond donors (Lipinski definition) is 1. The molecule has 1 aliphatic heterocycles. The van der Waals surface area contributed by atoms with Crippen LogP contribution in [0, 0.1) is 24.0 Å². The smallest absolute Gasteiger partial charge is 0.300 e. The normalized spacial score (nSPS) is 17.9. The predicted octanol–water partition coefficient (Wildman–Crippen LogP) is 4.90. The number of nitrogens with zero attached hydrogens (tertiary/aromatic N) is 2. The molecule has 1 aromatic heterocycles. The fourth-order valence-corrected chi connectivity index (χ4v) is 4.51. The minimum Gasteiger partial charge on any atom is -0.507 e. The van der Waals surface area contributed by atoms with Crippen LogP contribution in [0.3, 0.4) is 0 Å². The van der Waals surface area contributed by atoms with Gasteiger partial charge in [-0.2, -0.15) is 0 Å². The van der Waals surface area contributed by atoms with Crippen LogP contribution in [0.5, 0.6) is 0 Å². The fourth-order valence-electron chi connectivity index (χ4n) is 3.69. The summed E-state index contributed by atoms with van der Waals surface area (Å²) >= 11 is 1.37. The first kappa shape index (κ1) is 20.5. The summed E-state index contributed by atoms with van der Waals surface area (Å²) < 4.78 is 0. The number of carbonyl (C=O) groups is 2. The van der Waals surface area contributed by atoms with Gasteiger partial charge in [-0.05, 0) is 54.6 Å². The van der Waals surface area contributed by atoms with Crippen molar-refractivity contribution in [2.24, 2.45) is 0 Å². The number of aliphatic hydroxyl groups is 1. The van der Waals surface area contributed by atoms with E-state index in [1.165, 1.54) is 40.5 Å². The molecule has 2 heterocycles. The van der Waals surface area contributed by atoms with E-state index < -0.39 is 22.7 Å². The molecule has 0 aliphatic carbocycles. The summed E-state index contributed by atoms with van der Waals surface area (Å²) in [5, 5.41) is 23.8. The van der Waals surface area contributed by atoms with Crippen LogP contribution in [0.2, 0.25) is 0 Å². The fraction of sp³-hybridized carbons (Fsp3) is 0.130. The van der Waals surface area contributed by atoms with E-state index in [0.29, 0.717) is 5.69 Å². The van der Waals surface area contributed by atoms with Crippen molar-refractivity contribution in [2.45, 2.75) is 19.9 Å². The molecule has 4 rings (SSSR count). The Morgan fingerprint density at radius 3 is 2.39 bits per heavy atom. The Morgan fingerprint density at radius 2 is 1.77 bits per heavy atom. The number of carbonyl (C=O) groups excluding carboxylic acids is 2. The monoisotopic (exact) mass is 434 g/mol. The van der Waals surface area contributed by atoms with Crippen LogP contribution in [0.4, 0.5) is 11.4 Å². The lowest BCUT2D eigenvalue weighted by Crippen LogP contribution is -2.29. The van der Waals surface area contributed by atoms with Gasteiger partial charge in [0.2, 0.25) is 0 Å². The van der Waals surface area contributed by atoms with Gasteiger partial charge in [-0.3, -0.25) is 24.6 Å². The molecule has 8 heteroatoms. The van der Waals surface area contributed by atoms with E-state index >= 15 is 0 Å². The van der Waals surface area contributed by atoms with E-state index in [1.807, 2.05) is 43.5 Å². The lowest BCUT2D eigenvalue weighted by atomic mass is 9.99. The van der Waals surface area contributed by atoms with Crippen molar-refractivity contribution in [3.8, 4) is 0 Å². The summed E-state index contributed by atoms with van der Waals surface area (Å²) in [5.74, 6) is -1.88. The quantitative estimate of drug-likeness (QED) is 0.207. The molecule has 1 saturated heterocycles. The predicted molar refractivity (Wildman–Crippen MR) is 118 cm³/mol. The highest BCUT2D eigenvalue weighted by Gasteiger charge is 2.47. The van der Waals surface area contributed by atoms with Gasteiger partial charge in [-0.25, -0.2) is 0 Å². The number of hydrogen-bond acceptors (Lipinski definition) is 6. The molecule has 3 aromatic rings. The number of benzene rings is 2. The van der Waals surface area contributed by atoms with Gasteiger partial charge in [0.05, 0.1) is 10.5 Å². The summed E-state index contributed by atoms with van der Waals surface area (Å²) in [6.07, 6.45) is 0. The van der Waals surface area contributed by atoms with Crippen LogP contribution in [-0.2, 0) is 9.59 Å². The van der Waals surface area contributed by atoms with Gasteiger partial charge >= 0.3 is 0 Å². The number of amides is 1. The second-order valence-electron chi connectivity index (χ2n) is 7.21. The topological polar surface area (TPSA) is 101 Å². The molecule has 0 spiro atoms. The molecular weight excluding hydrogens is 416 g/mol.